The summed E-state index contributed by atoms with van der Waals surface area (Å²) in [5.41, 5.74) is 1.81. The molecule has 188 valence electrons. The molecule has 4 rings (SSSR count). The molecular weight excluding hydrogens is 487 g/mol. The van der Waals surface area contributed by atoms with Crippen LogP contribution in [-0.2, 0) is 11.3 Å². The van der Waals surface area contributed by atoms with Crippen molar-refractivity contribution in [2.75, 3.05) is 58.7 Å². The fourth-order valence-electron chi connectivity index (χ4n) is 4.10. The average Bonchev–Trinajstić information content (AvgIpc) is 3.66. The van der Waals surface area contributed by atoms with E-state index in [1.54, 1.807) is 23.1 Å². The number of carbonyl (C=O) groups excluding carboxylic acids is 2. The summed E-state index contributed by atoms with van der Waals surface area (Å²) in [5.74, 6) is 0.978. The second kappa shape index (κ2) is 11.5. The highest BCUT2D eigenvalue weighted by Gasteiger charge is 2.31. The van der Waals surface area contributed by atoms with E-state index in [2.05, 4.69) is 5.32 Å². The number of rotatable bonds is 10. The van der Waals surface area contributed by atoms with Gasteiger partial charge >= 0.3 is 0 Å². The van der Waals surface area contributed by atoms with Gasteiger partial charge in [-0.25, -0.2) is 0 Å². The van der Waals surface area contributed by atoms with E-state index in [1.165, 1.54) is 12.8 Å². The normalized spacial score (nSPS) is 15.5. The minimum atomic E-state index is -0.114. The van der Waals surface area contributed by atoms with Crippen LogP contribution in [0.5, 0.6) is 5.75 Å². The third-order valence-corrected chi connectivity index (χ3v) is 7.04. The lowest BCUT2D eigenvalue weighted by Gasteiger charge is -2.26. The van der Waals surface area contributed by atoms with Crippen LogP contribution in [0.25, 0.3) is 0 Å². The summed E-state index contributed by atoms with van der Waals surface area (Å²) in [6.07, 6.45) is 2.34. The molecule has 0 atom stereocenters. The Morgan fingerprint density at radius 3 is 2.51 bits per heavy atom. The van der Waals surface area contributed by atoms with E-state index in [9.17, 15) is 9.59 Å². The molecule has 1 fully saturated rings. The van der Waals surface area contributed by atoms with Crippen LogP contribution in [0.15, 0.2) is 36.4 Å². The van der Waals surface area contributed by atoms with Crippen LogP contribution < -0.4 is 10.1 Å². The first-order valence-electron chi connectivity index (χ1n) is 12.0. The number of anilines is 1. The van der Waals surface area contributed by atoms with Crippen LogP contribution in [0.1, 0.15) is 28.8 Å². The summed E-state index contributed by atoms with van der Waals surface area (Å²) in [5, 5.41) is 4.26. The number of nitrogens with one attached hydrogen (secondary N) is 1. The van der Waals surface area contributed by atoms with Gasteiger partial charge < -0.3 is 24.8 Å². The van der Waals surface area contributed by atoms with Crippen molar-refractivity contribution in [3.63, 3.8) is 0 Å². The molecule has 2 aromatic carbocycles. The van der Waals surface area contributed by atoms with Gasteiger partial charge in [-0.05, 0) is 57.1 Å². The molecule has 1 aliphatic carbocycles. The van der Waals surface area contributed by atoms with Gasteiger partial charge in [0, 0.05) is 41.8 Å². The van der Waals surface area contributed by atoms with E-state index in [-0.39, 0.29) is 18.4 Å². The Kier molecular flexibility index (Phi) is 8.42. The number of nitrogens with zero attached hydrogens (tertiary/aromatic N) is 3. The molecule has 0 spiro atoms. The van der Waals surface area contributed by atoms with Gasteiger partial charge in [-0.2, -0.15) is 0 Å². The lowest BCUT2D eigenvalue weighted by atomic mass is 10.1. The van der Waals surface area contributed by atoms with Gasteiger partial charge in [-0.1, -0.05) is 35.3 Å². The van der Waals surface area contributed by atoms with E-state index < -0.39 is 0 Å². The first kappa shape index (κ1) is 25.6. The molecule has 1 heterocycles. The fourth-order valence-corrected chi connectivity index (χ4v) is 4.62. The number of carbonyl (C=O) groups is 2. The summed E-state index contributed by atoms with van der Waals surface area (Å²) >= 11 is 12.7. The highest BCUT2D eigenvalue weighted by Crippen LogP contribution is 2.34. The lowest BCUT2D eigenvalue weighted by Crippen LogP contribution is -2.39. The molecule has 2 aromatic rings. The fraction of sp³-hybridized carbons (Fsp3) is 0.462. The maximum Gasteiger partial charge on any atom is 0.259 e. The van der Waals surface area contributed by atoms with Crippen LogP contribution in [-0.4, -0.2) is 79.9 Å². The Morgan fingerprint density at radius 2 is 1.83 bits per heavy atom. The average molecular weight is 519 g/mol. The summed E-state index contributed by atoms with van der Waals surface area (Å²) < 4.78 is 5.88. The zero-order valence-electron chi connectivity index (χ0n) is 20.2. The number of fused-ring (bicyclic) bond motifs is 1. The molecule has 0 aromatic heterocycles. The van der Waals surface area contributed by atoms with E-state index in [4.69, 9.17) is 27.9 Å². The van der Waals surface area contributed by atoms with Gasteiger partial charge in [0.15, 0.2) is 0 Å². The highest BCUT2D eigenvalue weighted by atomic mass is 35.5. The molecule has 0 saturated heterocycles. The third-order valence-electron chi connectivity index (χ3n) is 6.33. The second-order valence-corrected chi connectivity index (χ2v) is 10.2. The molecular formula is C26H32Cl2N4O3. The van der Waals surface area contributed by atoms with Crippen molar-refractivity contribution in [2.45, 2.75) is 19.4 Å². The maximum absolute atomic E-state index is 13.4. The van der Waals surface area contributed by atoms with Crippen LogP contribution in [0.3, 0.4) is 0 Å². The van der Waals surface area contributed by atoms with Crippen LogP contribution in [0, 0.1) is 5.92 Å². The Morgan fingerprint density at radius 1 is 1.11 bits per heavy atom. The molecule has 0 unspecified atom stereocenters. The zero-order chi connectivity index (χ0) is 24.9. The molecule has 1 N–H and O–H groups in total. The maximum atomic E-state index is 13.4. The van der Waals surface area contributed by atoms with Gasteiger partial charge in [0.25, 0.3) is 5.91 Å². The number of halogens is 2. The van der Waals surface area contributed by atoms with E-state index >= 15 is 0 Å². The number of amides is 2. The van der Waals surface area contributed by atoms with E-state index in [0.717, 1.165) is 12.1 Å². The number of likely N-dealkylation sites (N-methyl/N-ethyl adjacent to an activating group) is 1. The molecule has 0 radical (unpaired) electrons. The minimum Gasteiger partial charge on any atom is -0.491 e. The third kappa shape index (κ3) is 6.60. The molecule has 1 aliphatic heterocycles. The molecule has 9 heteroatoms. The molecule has 2 amide bonds. The van der Waals surface area contributed by atoms with Crippen molar-refractivity contribution < 1.29 is 14.3 Å². The van der Waals surface area contributed by atoms with Crippen molar-refractivity contribution in [2.24, 2.45) is 5.92 Å². The monoisotopic (exact) mass is 518 g/mol. The molecule has 35 heavy (non-hydrogen) atoms. The number of benzene rings is 2. The van der Waals surface area contributed by atoms with Crippen molar-refractivity contribution in [3.8, 4) is 5.75 Å². The number of hydrogen-bond donors (Lipinski definition) is 1. The van der Waals surface area contributed by atoms with Gasteiger partial charge in [0.1, 0.15) is 17.9 Å². The van der Waals surface area contributed by atoms with Gasteiger partial charge in [-0.15, -0.1) is 0 Å². The smallest absolute Gasteiger partial charge is 0.259 e. The molecule has 0 bridgehead atoms. The molecule has 2 aliphatic rings. The Hall–Kier alpha value is -2.48. The lowest BCUT2D eigenvalue weighted by molar-refractivity contribution is -0.130. The SMILES string of the molecule is CN(C)CCN(Cc1c(Cl)cccc1Cl)C(=O)CNc1cccc2c1C(=O)N(CC1CC1)CCO2. The zero-order valence-corrected chi connectivity index (χ0v) is 21.7. The Bertz CT molecular complexity index is 1050. The summed E-state index contributed by atoms with van der Waals surface area (Å²) in [7, 11) is 3.92. The first-order chi connectivity index (χ1) is 16.8. The van der Waals surface area contributed by atoms with Crippen LogP contribution in [0.4, 0.5) is 5.69 Å². The summed E-state index contributed by atoms with van der Waals surface area (Å²) in [6.45, 7) is 3.32. The predicted molar refractivity (Wildman–Crippen MR) is 139 cm³/mol. The highest BCUT2D eigenvalue weighted by molar-refractivity contribution is 6.36. The van der Waals surface area contributed by atoms with E-state index in [0.29, 0.717) is 65.7 Å². The van der Waals surface area contributed by atoms with Crippen molar-refractivity contribution in [1.82, 2.24) is 14.7 Å². The minimum absolute atomic E-state index is 0.0296. The quantitative estimate of drug-likeness (QED) is 0.509. The summed E-state index contributed by atoms with van der Waals surface area (Å²) in [6, 6.07) is 10.8. The summed E-state index contributed by atoms with van der Waals surface area (Å²) in [4.78, 5) is 32.3. The number of ether oxygens (including phenoxy) is 1. The van der Waals surface area contributed by atoms with Crippen LogP contribution >= 0.6 is 23.2 Å². The number of hydrogen-bond acceptors (Lipinski definition) is 5. The molecule has 7 nitrogen and oxygen atoms in total. The van der Waals surface area contributed by atoms with E-state index in [1.807, 2.05) is 42.1 Å². The van der Waals surface area contributed by atoms with Crippen LogP contribution in [0.2, 0.25) is 10.0 Å². The first-order valence-corrected chi connectivity index (χ1v) is 12.7. The Balaban J connectivity index is 1.50. The topological polar surface area (TPSA) is 65.1 Å². The van der Waals surface area contributed by atoms with Crippen molar-refractivity contribution >= 4 is 40.7 Å². The van der Waals surface area contributed by atoms with Gasteiger partial charge in [-0.3, -0.25) is 9.59 Å². The molecule has 1 saturated carbocycles. The van der Waals surface area contributed by atoms with Crippen molar-refractivity contribution in [3.05, 3.63) is 57.6 Å². The van der Waals surface area contributed by atoms with Gasteiger partial charge in [0.05, 0.1) is 18.8 Å². The van der Waals surface area contributed by atoms with Crippen molar-refractivity contribution in [1.29, 1.82) is 0 Å². The van der Waals surface area contributed by atoms with Gasteiger partial charge in [0.2, 0.25) is 5.91 Å². The Labute approximate surface area is 216 Å². The standard InChI is InChI=1S/C26H32Cl2N4O3/c1-30(2)11-12-31(17-19-20(27)5-3-6-21(19)28)24(33)15-29-22-7-4-8-23-25(22)26(34)32(13-14-35-23)16-18-9-10-18/h3-8,18,29H,9-17H2,1-2H3. The largest absolute Gasteiger partial charge is 0.491 e. The predicted octanol–water partition coefficient (Wildman–Crippen LogP) is 4.24. The second-order valence-electron chi connectivity index (χ2n) is 9.39.